The molecule has 0 bridgehead atoms. The topological polar surface area (TPSA) is 102 Å². The van der Waals surface area contributed by atoms with Crippen LogP contribution in [0.3, 0.4) is 0 Å². The fourth-order valence-electron chi connectivity index (χ4n) is 3.56. The zero-order chi connectivity index (χ0) is 24.0. The molecule has 1 amide bonds. The number of nitrogens with zero attached hydrogens (tertiary/aromatic N) is 1. The van der Waals surface area contributed by atoms with E-state index in [-0.39, 0.29) is 16.2 Å². The Kier molecular flexibility index (Phi) is 8.34. The number of ether oxygens (including phenoxy) is 2. The Hall–Kier alpha value is -2.62. The van der Waals surface area contributed by atoms with Crippen molar-refractivity contribution in [3.63, 3.8) is 0 Å². The molecular formula is C23H27ClN2O6S. The molecule has 1 aliphatic rings. The zero-order valence-electron chi connectivity index (χ0n) is 18.6. The number of carbonyl (C=O) groups is 2. The summed E-state index contributed by atoms with van der Waals surface area (Å²) in [5, 5.41) is 3.10. The summed E-state index contributed by atoms with van der Waals surface area (Å²) in [6, 6.07) is 9.11. The number of nitrogens with one attached hydrogen (secondary N) is 1. The smallest absolute Gasteiger partial charge is 0.338 e. The van der Waals surface area contributed by atoms with E-state index in [4.69, 9.17) is 21.1 Å². The number of esters is 1. The predicted octanol–water partition coefficient (Wildman–Crippen LogP) is 4.02. The summed E-state index contributed by atoms with van der Waals surface area (Å²) in [6.45, 7) is 2.11. The second-order valence-electron chi connectivity index (χ2n) is 7.77. The van der Waals surface area contributed by atoms with Gasteiger partial charge in [0.15, 0.2) is 6.61 Å². The first-order chi connectivity index (χ1) is 15.7. The van der Waals surface area contributed by atoms with Gasteiger partial charge in [-0.1, -0.05) is 30.5 Å². The third-order valence-electron chi connectivity index (χ3n) is 5.39. The maximum Gasteiger partial charge on any atom is 0.338 e. The summed E-state index contributed by atoms with van der Waals surface area (Å²) >= 11 is 5.95. The molecule has 1 heterocycles. The Morgan fingerprint density at radius 1 is 1.06 bits per heavy atom. The van der Waals surface area contributed by atoms with E-state index in [1.54, 1.807) is 18.2 Å². The van der Waals surface area contributed by atoms with Crippen LogP contribution >= 0.6 is 11.6 Å². The van der Waals surface area contributed by atoms with Crippen LogP contribution in [0.1, 0.15) is 41.6 Å². The molecule has 10 heteroatoms. The van der Waals surface area contributed by atoms with Crippen LogP contribution in [0.15, 0.2) is 41.3 Å². The summed E-state index contributed by atoms with van der Waals surface area (Å²) in [4.78, 5) is 24.7. The number of anilines is 1. The van der Waals surface area contributed by atoms with Crippen molar-refractivity contribution >= 4 is 39.2 Å². The van der Waals surface area contributed by atoms with Crippen molar-refractivity contribution < 1.29 is 27.5 Å². The lowest BCUT2D eigenvalue weighted by atomic mass is 10.2. The first kappa shape index (κ1) is 25.0. The van der Waals surface area contributed by atoms with E-state index < -0.39 is 28.5 Å². The van der Waals surface area contributed by atoms with Crippen LogP contribution in [0.2, 0.25) is 5.02 Å². The highest BCUT2D eigenvalue weighted by Gasteiger charge is 2.29. The molecule has 0 atom stereocenters. The number of aryl methyl sites for hydroxylation is 1. The minimum atomic E-state index is -3.86. The average molecular weight is 495 g/mol. The number of halogens is 1. The van der Waals surface area contributed by atoms with E-state index in [2.05, 4.69) is 5.32 Å². The molecule has 33 heavy (non-hydrogen) atoms. The summed E-state index contributed by atoms with van der Waals surface area (Å²) in [6.07, 6.45) is 3.52. The van der Waals surface area contributed by atoms with Crippen molar-refractivity contribution in [1.29, 1.82) is 0 Å². The van der Waals surface area contributed by atoms with Crippen LogP contribution in [-0.2, 0) is 19.6 Å². The molecule has 1 saturated heterocycles. The first-order valence-corrected chi connectivity index (χ1v) is 12.5. The zero-order valence-corrected chi connectivity index (χ0v) is 20.2. The maximum absolute atomic E-state index is 13.2. The Morgan fingerprint density at radius 3 is 2.42 bits per heavy atom. The van der Waals surface area contributed by atoms with Gasteiger partial charge in [-0.15, -0.1) is 0 Å². The SMILES string of the molecule is COc1ccc(C(=O)OCC(=O)Nc2cc(Cl)ccc2C)cc1S(=O)(=O)N1CCCCCC1. The number of sulfonamides is 1. The predicted molar refractivity (Wildman–Crippen MR) is 125 cm³/mol. The number of methoxy groups -OCH3 is 1. The van der Waals surface area contributed by atoms with Gasteiger partial charge >= 0.3 is 5.97 Å². The molecule has 0 aliphatic carbocycles. The summed E-state index contributed by atoms with van der Waals surface area (Å²) in [5.41, 5.74) is 1.33. The lowest BCUT2D eigenvalue weighted by Crippen LogP contribution is -2.32. The maximum atomic E-state index is 13.2. The average Bonchev–Trinajstić information content (AvgIpc) is 3.10. The largest absolute Gasteiger partial charge is 0.495 e. The molecule has 1 N–H and O–H groups in total. The van der Waals surface area contributed by atoms with E-state index in [1.165, 1.54) is 29.6 Å². The van der Waals surface area contributed by atoms with Gasteiger partial charge in [-0.05, 0) is 55.7 Å². The van der Waals surface area contributed by atoms with E-state index in [0.717, 1.165) is 31.2 Å². The third-order valence-corrected chi connectivity index (χ3v) is 7.55. The number of hydrogen-bond donors (Lipinski definition) is 1. The second kappa shape index (κ2) is 11.0. The molecule has 178 valence electrons. The molecule has 1 fully saturated rings. The van der Waals surface area contributed by atoms with Gasteiger partial charge in [0.2, 0.25) is 10.0 Å². The van der Waals surface area contributed by atoms with Gasteiger partial charge in [0.1, 0.15) is 10.6 Å². The highest BCUT2D eigenvalue weighted by atomic mass is 35.5. The summed E-state index contributed by atoms with van der Waals surface area (Å²) in [5.74, 6) is -1.22. The van der Waals surface area contributed by atoms with E-state index in [1.807, 2.05) is 6.92 Å². The molecule has 8 nitrogen and oxygen atoms in total. The van der Waals surface area contributed by atoms with Crippen molar-refractivity contribution in [1.82, 2.24) is 4.31 Å². The highest BCUT2D eigenvalue weighted by molar-refractivity contribution is 7.89. The van der Waals surface area contributed by atoms with Crippen molar-refractivity contribution in [3.8, 4) is 5.75 Å². The van der Waals surface area contributed by atoms with E-state index in [0.29, 0.717) is 23.8 Å². The van der Waals surface area contributed by atoms with Crippen LogP contribution in [0.25, 0.3) is 0 Å². The quantitative estimate of drug-likeness (QED) is 0.583. The minimum Gasteiger partial charge on any atom is -0.495 e. The Labute approximate surface area is 198 Å². The Bertz CT molecular complexity index is 1130. The van der Waals surface area contributed by atoms with Crippen LogP contribution in [-0.4, -0.2) is 51.4 Å². The molecule has 0 spiro atoms. The Balaban J connectivity index is 1.73. The molecule has 1 aliphatic heterocycles. The minimum absolute atomic E-state index is 0.0101. The highest BCUT2D eigenvalue weighted by Crippen LogP contribution is 2.29. The first-order valence-electron chi connectivity index (χ1n) is 10.6. The van der Waals surface area contributed by atoms with Crippen LogP contribution in [0.5, 0.6) is 5.75 Å². The molecule has 0 radical (unpaired) electrons. The van der Waals surface area contributed by atoms with Crippen molar-refractivity contribution in [2.24, 2.45) is 0 Å². The lowest BCUT2D eigenvalue weighted by molar-refractivity contribution is -0.119. The van der Waals surface area contributed by atoms with E-state index >= 15 is 0 Å². The third kappa shape index (κ3) is 6.25. The van der Waals surface area contributed by atoms with Crippen molar-refractivity contribution in [3.05, 3.63) is 52.5 Å². The number of benzene rings is 2. The standard InChI is InChI=1S/C23H27ClN2O6S/c1-16-7-9-18(24)14-19(16)25-22(27)15-32-23(28)17-8-10-20(31-2)21(13-17)33(29,30)26-11-5-3-4-6-12-26/h7-10,13-14H,3-6,11-12,15H2,1-2H3,(H,25,27). The van der Waals surface area contributed by atoms with Crippen molar-refractivity contribution in [2.75, 3.05) is 32.1 Å². The van der Waals surface area contributed by atoms with Gasteiger partial charge in [-0.3, -0.25) is 4.79 Å². The monoisotopic (exact) mass is 494 g/mol. The molecular weight excluding hydrogens is 468 g/mol. The van der Waals surface area contributed by atoms with Gasteiger partial charge in [-0.2, -0.15) is 4.31 Å². The van der Waals surface area contributed by atoms with Crippen molar-refractivity contribution in [2.45, 2.75) is 37.5 Å². The molecule has 2 aromatic rings. The number of rotatable bonds is 7. The molecule has 2 aromatic carbocycles. The van der Waals surface area contributed by atoms with Gasteiger partial charge in [-0.25, -0.2) is 13.2 Å². The fraction of sp³-hybridized carbons (Fsp3) is 0.391. The van der Waals surface area contributed by atoms with Crippen LogP contribution in [0.4, 0.5) is 5.69 Å². The molecule has 0 unspecified atom stereocenters. The normalized spacial score (nSPS) is 14.9. The number of amides is 1. The lowest BCUT2D eigenvalue weighted by Gasteiger charge is -2.21. The van der Waals surface area contributed by atoms with Gasteiger partial charge < -0.3 is 14.8 Å². The molecule has 0 saturated carbocycles. The molecule has 3 rings (SSSR count). The second-order valence-corrected chi connectivity index (χ2v) is 10.1. The Morgan fingerprint density at radius 2 is 1.76 bits per heavy atom. The summed E-state index contributed by atoms with van der Waals surface area (Å²) in [7, 11) is -2.48. The van der Waals surface area contributed by atoms with Crippen LogP contribution < -0.4 is 10.1 Å². The van der Waals surface area contributed by atoms with E-state index in [9.17, 15) is 18.0 Å². The van der Waals surface area contributed by atoms with Gasteiger partial charge in [0, 0.05) is 23.8 Å². The molecule has 0 aromatic heterocycles. The van der Waals surface area contributed by atoms with Gasteiger partial charge in [0.25, 0.3) is 5.91 Å². The van der Waals surface area contributed by atoms with Crippen LogP contribution in [0, 0.1) is 6.92 Å². The van der Waals surface area contributed by atoms with Gasteiger partial charge in [0.05, 0.1) is 12.7 Å². The number of carbonyl (C=O) groups excluding carboxylic acids is 2. The summed E-state index contributed by atoms with van der Waals surface area (Å²) < 4.78 is 38.3. The number of hydrogen-bond acceptors (Lipinski definition) is 6. The fourth-order valence-corrected chi connectivity index (χ4v) is 5.43.